The topological polar surface area (TPSA) is 64.3 Å². The van der Waals surface area contributed by atoms with Gasteiger partial charge in [0.25, 0.3) is 5.91 Å². The van der Waals surface area contributed by atoms with Crippen LogP contribution >= 0.6 is 0 Å². The summed E-state index contributed by atoms with van der Waals surface area (Å²) in [6.07, 6.45) is 4.91. The van der Waals surface area contributed by atoms with Crippen molar-refractivity contribution in [1.82, 2.24) is 5.43 Å². The van der Waals surface area contributed by atoms with Crippen molar-refractivity contribution in [2.24, 2.45) is 11.8 Å². The first-order valence-electron chi connectivity index (χ1n) is 6.58. The highest BCUT2D eigenvalue weighted by Crippen LogP contribution is 2.29. The van der Waals surface area contributed by atoms with Gasteiger partial charge >= 0.3 is 0 Å². The molecule has 1 aliphatic carbocycles. The summed E-state index contributed by atoms with van der Waals surface area (Å²) in [6.45, 7) is 0.821. The van der Waals surface area contributed by atoms with Gasteiger partial charge in [0.2, 0.25) is 0 Å². The van der Waals surface area contributed by atoms with Gasteiger partial charge in [0, 0.05) is 17.7 Å². The molecule has 0 radical (unpaired) electrons. The number of hydrogen-bond acceptors (Lipinski definition) is 3. The molecule has 0 aromatic heterocycles. The van der Waals surface area contributed by atoms with Crippen LogP contribution in [0, 0.1) is 11.7 Å². The Morgan fingerprint density at radius 2 is 2.26 bits per heavy atom. The molecule has 0 unspecified atom stereocenters. The van der Waals surface area contributed by atoms with Gasteiger partial charge in [-0.15, -0.1) is 0 Å². The third kappa shape index (κ3) is 3.75. The fourth-order valence-corrected chi connectivity index (χ4v) is 2.12. The molecule has 19 heavy (non-hydrogen) atoms. The molecule has 0 heterocycles. The molecule has 1 aromatic carbocycles. The van der Waals surface area contributed by atoms with Crippen LogP contribution in [0.15, 0.2) is 18.2 Å². The molecule has 0 spiro atoms. The molecule has 1 amide bonds. The van der Waals surface area contributed by atoms with Gasteiger partial charge in [0.15, 0.2) is 0 Å². The first-order valence-corrected chi connectivity index (χ1v) is 6.58. The molecule has 0 aliphatic heterocycles. The van der Waals surface area contributed by atoms with Crippen LogP contribution < -0.4 is 11.3 Å². The quantitative estimate of drug-likeness (QED) is 0.359. The summed E-state index contributed by atoms with van der Waals surface area (Å²) in [7, 11) is 0. The van der Waals surface area contributed by atoms with E-state index in [1.165, 1.54) is 37.5 Å². The zero-order chi connectivity index (χ0) is 13.7. The van der Waals surface area contributed by atoms with Crippen LogP contribution in [0.3, 0.4) is 0 Å². The number of nitrogens with one attached hydrogen (secondary N) is 1. The molecule has 1 saturated carbocycles. The Hall–Kier alpha value is -1.46. The Balaban J connectivity index is 1.85. The molecule has 1 aromatic rings. The van der Waals surface area contributed by atoms with Crippen LogP contribution in [0.25, 0.3) is 0 Å². The van der Waals surface area contributed by atoms with Crippen LogP contribution in [-0.2, 0) is 11.3 Å². The van der Waals surface area contributed by atoms with Gasteiger partial charge in [-0.3, -0.25) is 10.2 Å². The summed E-state index contributed by atoms with van der Waals surface area (Å²) in [4.78, 5) is 11.3. The number of hydrogen-bond donors (Lipinski definition) is 2. The van der Waals surface area contributed by atoms with Crippen LogP contribution in [0.2, 0.25) is 0 Å². The Kier molecular flexibility index (Phi) is 4.87. The fraction of sp³-hybridized carbons (Fsp3) is 0.500. The van der Waals surface area contributed by atoms with E-state index in [-0.39, 0.29) is 12.4 Å². The summed E-state index contributed by atoms with van der Waals surface area (Å²) >= 11 is 0. The maximum atomic E-state index is 13.6. The monoisotopic (exact) mass is 266 g/mol. The molecular weight excluding hydrogens is 247 g/mol. The fourth-order valence-electron chi connectivity index (χ4n) is 2.12. The number of nitrogen functional groups attached to an aromatic ring is 1. The van der Waals surface area contributed by atoms with Crippen molar-refractivity contribution < 1.29 is 13.9 Å². The molecule has 0 saturated heterocycles. The molecule has 5 heteroatoms. The zero-order valence-electron chi connectivity index (χ0n) is 10.8. The van der Waals surface area contributed by atoms with Gasteiger partial charge in [0.05, 0.1) is 6.61 Å². The van der Waals surface area contributed by atoms with Gasteiger partial charge in [0.1, 0.15) is 5.82 Å². The smallest absolute Gasteiger partial charge is 0.265 e. The number of carbonyl (C=O) groups excluding carboxylic acids is 1. The van der Waals surface area contributed by atoms with Crippen molar-refractivity contribution in [2.75, 3.05) is 6.61 Å². The van der Waals surface area contributed by atoms with Crippen molar-refractivity contribution in [3.8, 4) is 0 Å². The van der Waals surface area contributed by atoms with E-state index in [4.69, 9.17) is 10.6 Å². The maximum Gasteiger partial charge on any atom is 0.265 e. The number of halogens is 1. The van der Waals surface area contributed by atoms with Crippen molar-refractivity contribution in [3.05, 3.63) is 35.1 Å². The molecule has 1 aliphatic rings. The summed E-state index contributed by atoms with van der Waals surface area (Å²) in [5, 5.41) is 0. The molecule has 4 nitrogen and oxygen atoms in total. The third-order valence-corrected chi connectivity index (χ3v) is 3.59. The van der Waals surface area contributed by atoms with E-state index in [2.05, 4.69) is 0 Å². The number of hydrazine groups is 1. The number of benzene rings is 1. The zero-order valence-corrected chi connectivity index (χ0v) is 10.8. The Morgan fingerprint density at radius 1 is 1.47 bits per heavy atom. The summed E-state index contributed by atoms with van der Waals surface area (Å²) in [5.74, 6) is 5.02. The van der Waals surface area contributed by atoms with Crippen LogP contribution in [0.5, 0.6) is 0 Å². The number of ether oxygens (including phenoxy) is 1. The Morgan fingerprint density at radius 3 is 2.89 bits per heavy atom. The lowest BCUT2D eigenvalue weighted by atomic mass is 9.83. The lowest BCUT2D eigenvalue weighted by Gasteiger charge is -2.24. The van der Waals surface area contributed by atoms with Crippen LogP contribution in [0.4, 0.5) is 4.39 Å². The van der Waals surface area contributed by atoms with Gasteiger partial charge in [-0.1, -0.05) is 19.3 Å². The van der Waals surface area contributed by atoms with Crippen molar-refractivity contribution in [2.45, 2.75) is 32.3 Å². The predicted octanol–water partition coefficient (Wildman–Crippen LogP) is 2.14. The largest absolute Gasteiger partial charge is 0.377 e. The van der Waals surface area contributed by atoms with E-state index < -0.39 is 5.91 Å². The van der Waals surface area contributed by atoms with Crippen molar-refractivity contribution in [3.63, 3.8) is 0 Å². The first-order chi connectivity index (χ1) is 9.20. The van der Waals surface area contributed by atoms with Gasteiger partial charge < -0.3 is 4.74 Å². The number of carbonyl (C=O) groups is 1. The number of amides is 1. The summed E-state index contributed by atoms with van der Waals surface area (Å²) < 4.78 is 19.0. The Bertz CT molecular complexity index is 447. The molecule has 0 atom stereocenters. The number of nitrogens with two attached hydrogens (primary N) is 1. The average Bonchev–Trinajstić information content (AvgIpc) is 2.37. The van der Waals surface area contributed by atoms with Crippen molar-refractivity contribution in [1.29, 1.82) is 0 Å². The molecule has 1 fully saturated rings. The SMILES string of the molecule is NNC(=O)c1ccc(F)c(COCCC2CCC2)c1. The third-order valence-electron chi connectivity index (χ3n) is 3.59. The van der Waals surface area contributed by atoms with Crippen LogP contribution in [0.1, 0.15) is 41.6 Å². The van der Waals surface area contributed by atoms with Gasteiger partial charge in [-0.05, 0) is 30.5 Å². The minimum Gasteiger partial charge on any atom is -0.377 e. The van der Waals surface area contributed by atoms with E-state index in [1.807, 2.05) is 5.43 Å². The van der Waals surface area contributed by atoms with E-state index >= 15 is 0 Å². The Labute approximate surface area is 112 Å². The second kappa shape index (κ2) is 6.63. The van der Waals surface area contributed by atoms with Crippen LogP contribution in [-0.4, -0.2) is 12.5 Å². The standard InChI is InChI=1S/C14H19FN2O2/c15-13-5-4-11(14(18)17-16)8-12(13)9-19-7-6-10-2-1-3-10/h4-5,8,10H,1-3,6-7,9,16H2,(H,17,18). The molecule has 0 bridgehead atoms. The molecular formula is C14H19FN2O2. The highest BCUT2D eigenvalue weighted by atomic mass is 19.1. The first kappa shape index (κ1) is 14.0. The second-order valence-corrected chi connectivity index (χ2v) is 4.92. The lowest BCUT2D eigenvalue weighted by molar-refractivity contribution is 0.0925. The van der Waals surface area contributed by atoms with E-state index in [0.29, 0.717) is 17.7 Å². The summed E-state index contributed by atoms with van der Waals surface area (Å²) in [6, 6.07) is 4.13. The highest BCUT2D eigenvalue weighted by molar-refractivity contribution is 5.93. The molecule has 2 rings (SSSR count). The average molecular weight is 266 g/mol. The second-order valence-electron chi connectivity index (χ2n) is 4.92. The van der Waals surface area contributed by atoms with E-state index in [0.717, 1.165) is 12.3 Å². The minimum atomic E-state index is -0.435. The molecule has 3 N–H and O–H groups in total. The van der Waals surface area contributed by atoms with Gasteiger partial charge in [-0.2, -0.15) is 0 Å². The minimum absolute atomic E-state index is 0.185. The number of rotatable bonds is 6. The normalized spacial score (nSPS) is 15.1. The molecule has 104 valence electrons. The summed E-state index contributed by atoms with van der Waals surface area (Å²) in [5.41, 5.74) is 2.74. The highest BCUT2D eigenvalue weighted by Gasteiger charge is 2.16. The predicted molar refractivity (Wildman–Crippen MR) is 69.7 cm³/mol. The van der Waals surface area contributed by atoms with Gasteiger partial charge in [-0.25, -0.2) is 10.2 Å². The van der Waals surface area contributed by atoms with E-state index in [1.54, 1.807) is 0 Å². The van der Waals surface area contributed by atoms with E-state index in [9.17, 15) is 9.18 Å². The maximum absolute atomic E-state index is 13.6. The van der Waals surface area contributed by atoms with Crippen molar-refractivity contribution >= 4 is 5.91 Å². The lowest BCUT2D eigenvalue weighted by Crippen LogP contribution is -2.30.